The number of allylic oxidation sites excluding steroid dienone is 1. The molecule has 0 aliphatic heterocycles. The minimum Gasteiger partial charge on any atom is -0.339 e. The molecule has 2 bridgehead atoms. The quantitative estimate of drug-likeness (QED) is 0.603. The van der Waals surface area contributed by atoms with E-state index in [4.69, 9.17) is 4.52 Å². The average Bonchev–Trinajstić information content (AvgIpc) is 3.24. The van der Waals surface area contributed by atoms with Gasteiger partial charge in [-0.05, 0) is 74.6 Å². The highest BCUT2D eigenvalue weighted by Crippen LogP contribution is 2.57. The van der Waals surface area contributed by atoms with Gasteiger partial charge in [-0.25, -0.2) is 0 Å². The van der Waals surface area contributed by atoms with Crippen molar-refractivity contribution in [2.45, 2.75) is 64.7 Å². The van der Waals surface area contributed by atoms with Crippen molar-refractivity contribution in [3.8, 4) is 0 Å². The lowest BCUT2D eigenvalue weighted by Crippen LogP contribution is -2.51. The lowest BCUT2D eigenvalue weighted by molar-refractivity contribution is -0.122. The van der Waals surface area contributed by atoms with Gasteiger partial charge in [0.2, 0.25) is 18.1 Å². The molecule has 0 unspecified atom stereocenters. The number of anilines is 1. The van der Waals surface area contributed by atoms with E-state index >= 15 is 0 Å². The Morgan fingerprint density at radius 1 is 1.23 bits per heavy atom. The highest BCUT2D eigenvalue weighted by atomic mass is 16.5. The Morgan fingerprint density at radius 3 is 2.52 bits per heavy atom. The normalized spacial score (nSPS) is 25.3. The van der Waals surface area contributed by atoms with Crippen molar-refractivity contribution in [1.29, 1.82) is 0 Å². The van der Waals surface area contributed by atoms with Gasteiger partial charge in [0.25, 0.3) is 0 Å². The second-order valence-corrected chi connectivity index (χ2v) is 9.55. The first kappa shape index (κ1) is 21.5. The predicted molar refractivity (Wildman–Crippen MR) is 119 cm³/mol. The number of carbonyl (C=O) groups is 1. The van der Waals surface area contributed by atoms with Crippen LogP contribution in [0.15, 0.2) is 34.9 Å². The molecule has 1 amide bonds. The Hall–Kier alpha value is -2.76. The summed E-state index contributed by atoms with van der Waals surface area (Å²) in [4.78, 5) is 30.3. The van der Waals surface area contributed by atoms with E-state index in [0.717, 1.165) is 62.2 Å². The number of hydrogen-bond donors (Lipinski definition) is 0. The number of aryl methyl sites for hydroxylation is 1. The molecule has 3 aliphatic rings. The van der Waals surface area contributed by atoms with Crippen LogP contribution in [0.3, 0.4) is 0 Å². The molecule has 2 aromatic rings. The summed E-state index contributed by atoms with van der Waals surface area (Å²) in [7, 11) is 0. The predicted octanol–water partition coefficient (Wildman–Crippen LogP) is 4.78. The smallest absolute Gasteiger partial charge is 0.232 e. The lowest BCUT2D eigenvalue weighted by Gasteiger charge is -2.53. The topological polar surface area (TPSA) is 76.3 Å². The zero-order valence-electron chi connectivity index (χ0n) is 18.6. The third-order valence-corrected chi connectivity index (χ3v) is 7.16. The number of benzene rings is 1. The maximum Gasteiger partial charge on any atom is 0.232 e. The fraction of sp³-hybridized carbons (Fsp3) is 0.520. The Kier molecular flexibility index (Phi) is 5.82. The summed E-state index contributed by atoms with van der Waals surface area (Å²) in [5.74, 6) is 1.53. The van der Waals surface area contributed by atoms with Crippen LogP contribution < -0.4 is 4.90 Å². The molecule has 31 heavy (non-hydrogen) atoms. The van der Waals surface area contributed by atoms with Crippen LogP contribution in [-0.4, -0.2) is 28.9 Å². The molecule has 3 aliphatic carbocycles. The van der Waals surface area contributed by atoms with E-state index in [1.54, 1.807) is 12.4 Å². The van der Waals surface area contributed by atoms with E-state index < -0.39 is 0 Å². The van der Waals surface area contributed by atoms with Gasteiger partial charge in [-0.3, -0.25) is 9.59 Å². The van der Waals surface area contributed by atoms with Gasteiger partial charge < -0.3 is 9.42 Å². The standard InChI is InChI=1S/C25H30N3O3/c1-18(2)22(30)28(21-8-4-6-20(16-21)7-5-15-29)17-24-9-12-25(13-10-24,14-11-24)23-26-19(3)27-31-23/h4-8,16,18H,9-14,17H2,1-3H3/b7-5+. The van der Waals surface area contributed by atoms with Crippen LogP contribution in [0, 0.1) is 18.3 Å². The Bertz CT molecular complexity index is 967. The SMILES string of the molecule is Cc1noc(C23CCC(CN(C(=O)C(C)C)c4cccc(/C=C/[C]=O)c4)(CC2)CC3)n1. The minimum absolute atomic E-state index is 0.00589. The van der Waals surface area contributed by atoms with Crippen LogP contribution in [0.2, 0.25) is 0 Å². The van der Waals surface area contributed by atoms with Crippen LogP contribution in [0.5, 0.6) is 0 Å². The maximum atomic E-state index is 13.2. The van der Waals surface area contributed by atoms with Crippen molar-refractivity contribution in [2.24, 2.45) is 11.3 Å². The molecular weight excluding hydrogens is 390 g/mol. The molecule has 5 rings (SSSR count). The minimum atomic E-state index is -0.0912. The number of carbonyl (C=O) groups excluding carboxylic acids is 2. The third kappa shape index (κ3) is 4.21. The van der Waals surface area contributed by atoms with Crippen molar-refractivity contribution in [1.82, 2.24) is 10.1 Å². The second-order valence-electron chi connectivity index (χ2n) is 9.55. The molecule has 0 spiro atoms. The number of hydrogen-bond acceptors (Lipinski definition) is 5. The molecule has 3 saturated carbocycles. The first-order valence-electron chi connectivity index (χ1n) is 11.1. The van der Waals surface area contributed by atoms with Crippen molar-refractivity contribution in [2.75, 3.05) is 11.4 Å². The fourth-order valence-electron chi connectivity index (χ4n) is 5.20. The molecule has 1 aromatic carbocycles. The fourth-order valence-corrected chi connectivity index (χ4v) is 5.20. The molecule has 0 atom stereocenters. The number of nitrogens with zero attached hydrogens (tertiary/aromatic N) is 3. The summed E-state index contributed by atoms with van der Waals surface area (Å²) in [6.07, 6.45) is 11.1. The molecule has 0 saturated heterocycles. The van der Waals surface area contributed by atoms with E-state index in [-0.39, 0.29) is 22.7 Å². The van der Waals surface area contributed by atoms with Gasteiger partial charge in [0.15, 0.2) is 5.82 Å². The molecule has 6 heteroatoms. The molecule has 163 valence electrons. The van der Waals surface area contributed by atoms with Gasteiger partial charge in [0, 0.05) is 23.6 Å². The van der Waals surface area contributed by atoms with E-state index in [0.29, 0.717) is 5.82 Å². The van der Waals surface area contributed by atoms with Crippen molar-refractivity contribution >= 4 is 24.0 Å². The number of aromatic nitrogens is 2. The molecule has 1 radical (unpaired) electrons. The van der Waals surface area contributed by atoms with E-state index in [1.165, 1.54) is 6.08 Å². The average molecular weight is 421 g/mol. The lowest BCUT2D eigenvalue weighted by atomic mass is 9.53. The second kappa shape index (κ2) is 8.40. The van der Waals surface area contributed by atoms with Crippen LogP contribution in [0.25, 0.3) is 6.08 Å². The van der Waals surface area contributed by atoms with Crippen molar-refractivity contribution in [3.63, 3.8) is 0 Å². The third-order valence-electron chi connectivity index (χ3n) is 7.16. The van der Waals surface area contributed by atoms with Crippen molar-refractivity contribution < 1.29 is 14.1 Å². The highest BCUT2D eigenvalue weighted by Gasteiger charge is 2.52. The zero-order valence-corrected chi connectivity index (χ0v) is 18.6. The molecular formula is C25H30N3O3. The summed E-state index contributed by atoms with van der Waals surface area (Å²) >= 11 is 0. The highest BCUT2D eigenvalue weighted by molar-refractivity contribution is 5.95. The molecule has 1 aromatic heterocycles. The van der Waals surface area contributed by atoms with E-state index in [2.05, 4.69) is 10.1 Å². The summed E-state index contributed by atoms with van der Waals surface area (Å²) in [6.45, 7) is 6.48. The number of rotatable bonds is 7. The first-order valence-corrected chi connectivity index (χ1v) is 11.1. The summed E-state index contributed by atoms with van der Waals surface area (Å²) in [5.41, 5.74) is 1.89. The molecule has 6 nitrogen and oxygen atoms in total. The first-order chi connectivity index (χ1) is 14.9. The van der Waals surface area contributed by atoms with Gasteiger partial charge in [0.1, 0.15) is 0 Å². The maximum absolute atomic E-state index is 13.2. The largest absolute Gasteiger partial charge is 0.339 e. The van der Waals surface area contributed by atoms with E-state index in [9.17, 15) is 9.59 Å². The Morgan fingerprint density at radius 2 is 1.94 bits per heavy atom. The van der Waals surface area contributed by atoms with Gasteiger partial charge in [-0.1, -0.05) is 37.2 Å². The van der Waals surface area contributed by atoms with Crippen LogP contribution in [0.4, 0.5) is 5.69 Å². The monoisotopic (exact) mass is 420 g/mol. The van der Waals surface area contributed by atoms with Gasteiger partial charge in [0.05, 0.1) is 0 Å². The van der Waals surface area contributed by atoms with Crippen LogP contribution >= 0.6 is 0 Å². The van der Waals surface area contributed by atoms with Gasteiger partial charge in [-0.15, -0.1) is 0 Å². The van der Waals surface area contributed by atoms with Crippen LogP contribution in [-0.2, 0) is 15.0 Å². The summed E-state index contributed by atoms with van der Waals surface area (Å²) in [6, 6.07) is 7.82. The Balaban J connectivity index is 1.57. The van der Waals surface area contributed by atoms with Gasteiger partial charge in [-0.2, -0.15) is 4.98 Å². The summed E-state index contributed by atoms with van der Waals surface area (Å²) in [5, 5.41) is 4.01. The summed E-state index contributed by atoms with van der Waals surface area (Å²) < 4.78 is 5.56. The number of amides is 1. The number of fused-ring (bicyclic) bond motifs is 3. The molecule has 1 heterocycles. The molecule has 0 N–H and O–H groups in total. The molecule has 3 fully saturated rings. The van der Waals surface area contributed by atoms with Crippen molar-refractivity contribution in [3.05, 3.63) is 47.6 Å². The van der Waals surface area contributed by atoms with E-state index in [1.807, 2.05) is 49.9 Å². The Labute approximate surface area is 183 Å². The zero-order chi connectivity index (χ0) is 22.1. The van der Waals surface area contributed by atoms with Gasteiger partial charge >= 0.3 is 0 Å². The van der Waals surface area contributed by atoms with Crippen LogP contribution in [0.1, 0.15) is 69.7 Å².